The van der Waals surface area contributed by atoms with E-state index in [0.717, 1.165) is 6.26 Å². The molecule has 3 aromatic rings. The quantitative estimate of drug-likeness (QED) is 0.446. The summed E-state index contributed by atoms with van der Waals surface area (Å²) in [4.78, 5) is 8.24. The SMILES string of the molecule is CS(=O)(=O)Nc1ccccc1Nc1nc(Nc2ccc(N)cc2F)ncc1Cl. The molecule has 0 saturated heterocycles. The van der Waals surface area contributed by atoms with Crippen LogP contribution in [-0.2, 0) is 10.0 Å². The first-order valence-electron chi connectivity index (χ1n) is 7.90. The summed E-state index contributed by atoms with van der Waals surface area (Å²) in [7, 11) is -3.48. The smallest absolute Gasteiger partial charge is 0.229 e. The molecule has 5 N–H and O–H groups in total. The Hall–Kier alpha value is -3.11. The molecule has 0 radical (unpaired) electrons. The Labute approximate surface area is 166 Å². The number of hydrogen-bond acceptors (Lipinski definition) is 7. The lowest BCUT2D eigenvalue weighted by molar-refractivity contribution is 0.607. The van der Waals surface area contributed by atoms with Crippen LogP contribution in [-0.4, -0.2) is 24.6 Å². The van der Waals surface area contributed by atoms with E-state index in [0.29, 0.717) is 11.4 Å². The maximum Gasteiger partial charge on any atom is 0.229 e. The van der Waals surface area contributed by atoms with Crippen LogP contribution < -0.4 is 21.1 Å². The summed E-state index contributed by atoms with van der Waals surface area (Å²) >= 11 is 6.14. The molecule has 0 atom stereocenters. The van der Waals surface area contributed by atoms with Gasteiger partial charge in [-0.25, -0.2) is 17.8 Å². The number of nitrogens with zero attached hydrogens (tertiary/aromatic N) is 2. The van der Waals surface area contributed by atoms with Crippen molar-refractivity contribution in [2.45, 2.75) is 0 Å². The number of para-hydroxylation sites is 2. The molecule has 0 amide bonds. The summed E-state index contributed by atoms with van der Waals surface area (Å²) in [6.45, 7) is 0. The number of nitrogens with one attached hydrogen (secondary N) is 3. The topological polar surface area (TPSA) is 122 Å². The van der Waals surface area contributed by atoms with Gasteiger partial charge in [0.1, 0.15) is 10.8 Å². The lowest BCUT2D eigenvalue weighted by atomic mass is 10.2. The minimum atomic E-state index is -3.48. The van der Waals surface area contributed by atoms with Gasteiger partial charge in [0.2, 0.25) is 16.0 Å². The highest BCUT2D eigenvalue weighted by Crippen LogP contribution is 2.30. The van der Waals surface area contributed by atoms with Crippen molar-refractivity contribution < 1.29 is 12.8 Å². The zero-order chi connectivity index (χ0) is 20.3. The third-order valence-corrected chi connectivity index (χ3v) is 4.33. The van der Waals surface area contributed by atoms with Crippen molar-refractivity contribution >= 4 is 56.1 Å². The van der Waals surface area contributed by atoms with Crippen molar-refractivity contribution in [2.24, 2.45) is 0 Å². The molecule has 0 aliphatic carbocycles. The van der Waals surface area contributed by atoms with Crippen LogP contribution in [0.5, 0.6) is 0 Å². The number of anilines is 6. The largest absolute Gasteiger partial charge is 0.399 e. The van der Waals surface area contributed by atoms with Gasteiger partial charge in [-0.05, 0) is 30.3 Å². The molecule has 8 nitrogen and oxygen atoms in total. The Kier molecular flexibility index (Phi) is 5.52. The van der Waals surface area contributed by atoms with Crippen molar-refractivity contribution in [3.05, 3.63) is 59.5 Å². The lowest BCUT2D eigenvalue weighted by Crippen LogP contribution is -2.11. The molecule has 0 fully saturated rings. The first kappa shape index (κ1) is 19.6. The second kappa shape index (κ2) is 7.87. The molecule has 11 heteroatoms. The molecule has 1 aromatic heterocycles. The van der Waals surface area contributed by atoms with Crippen LogP contribution in [0, 0.1) is 5.82 Å². The van der Waals surface area contributed by atoms with Crippen LogP contribution >= 0.6 is 11.6 Å². The van der Waals surface area contributed by atoms with Crippen molar-refractivity contribution in [3.63, 3.8) is 0 Å². The molecule has 0 saturated carbocycles. The van der Waals surface area contributed by atoms with E-state index in [1.165, 1.54) is 24.4 Å². The Balaban J connectivity index is 1.89. The molecule has 2 aromatic carbocycles. The van der Waals surface area contributed by atoms with Gasteiger partial charge in [-0.15, -0.1) is 0 Å². The van der Waals surface area contributed by atoms with Crippen molar-refractivity contribution in [2.75, 3.05) is 27.3 Å². The summed E-state index contributed by atoms with van der Waals surface area (Å²) < 4.78 is 39.5. The summed E-state index contributed by atoms with van der Waals surface area (Å²) in [5.41, 5.74) is 6.71. The van der Waals surface area contributed by atoms with Crippen molar-refractivity contribution in [1.82, 2.24) is 9.97 Å². The summed E-state index contributed by atoms with van der Waals surface area (Å²) in [5.74, 6) is -0.266. The number of sulfonamides is 1. The van der Waals surface area contributed by atoms with Gasteiger partial charge in [-0.1, -0.05) is 23.7 Å². The van der Waals surface area contributed by atoms with E-state index in [2.05, 4.69) is 25.3 Å². The molecular weight excluding hydrogens is 407 g/mol. The highest BCUT2D eigenvalue weighted by Gasteiger charge is 2.12. The molecule has 3 rings (SSSR count). The fraction of sp³-hybridized carbons (Fsp3) is 0.0588. The van der Waals surface area contributed by atoms with E-state index in [1.54, 1.807) is 24.3 Å². The summed E-state index contributed by atoms with van der Waals surface area (Å²) in [6, 6.07) is 10.8. The van der Waals surface area contributed by atoms with Crippen LogP contribution in [0.25, 0.3) is 0 Å². The Morgan fingerprint density at radius 1 is 1.07 bits per heavy atom. The predicted molar refractivity (Wildman–Crippen MR) is 109 cm³/mol. The van der Waals surface area contributed by atoms with Gasteiger partial charge in [-0.3, -0.25) is 4.72 Å². The highest BCUT2D eigenvalue weighted by molar-refractivity contribution is 7.92. The van der Waals surface area contributed by atoms with E-state index in [9.17, 15) is 12.8 Å². The minimum Gasteiger partial charge on any atom is -0.399 e. The molecule has 0 aliphatic heterocycles. The van der Waals surface area contributed by atoms with Gasteiger partial charge in [0.05, 0.1) is 29.5 Å². The van der Waals surface area contributed by atoms with Crippen molar-refractivity contribution in [3.8, 4) is 0 Å². The Morgan fingerprint density at radius 3 is 2.46 bits per heavy atom. The van der Waals surface area contributed by atoms with Gasteiger partial charge < -0.3 is 16.4 Å². The maximum atomic E-state index is 14.0. The average molecular weight is 423 g/mol. The van der Waals surface area contributed by atoms with Gasteiger partial charge in [0.15, 0.2) is 5.82 Å². The molecule has 0 bridgehead atoms. The first-order chi connectivity index (χ1) is 13.2. The van der Waals surface area contributed by atoms with E-state index >= 15 is 0 Å². The van der Waals surface area contributed by atoms with E-state index < -0.39 is 15.8 Å². The first-order valence-corrected chi connectivity index (χ1v) is 10.2. The van der Waals surface area contributed by atoms with E-state index in [4.69, 9.17) is 17.3 Å². The Bertz CT molecular complexity index is 1130. The van der Waals surface area contributed by atoms with Gasteiger partial charge in [0, 0.05) is 5.69 Å². The van der Waals surface area contributed by atoms with Crippen LogP contribution in [0.4, 0.5) is 38.9 Å². The normalized spacial score (nSPS) is 11.1. The fourth-order valence-corrected chi connectivity index (χ4v) is 2.99. The molecule has 146 valence electrons. The van der Waals surface area contributed by atoms with Crippen LogP contribution in [0.3, 0.4) is 0 Å². The third-order valence-electron chi connectivity index (χ3n) is 3.46. The van der Waals surface area contributed by atoms with E-state index in [1.807, 2.05) is 0 Å². The van der Waals surface area contributed by atoms with Crippen LogP contribution in [0.1, 0.15) is 0 Å². The van der Waals surface area contributed by atoms with Gasteiger partial charge >= 0.3 is 0 Å². The third kappa shape index (κ3) is 4.99. The molecule has 0 aliphatic rings. The monoisotopic (exact) mass is 422 g/mol. The average Bonchev–Trinajstić information content (AvgIpc) is 2.60. The molecular formula is C17H16ClFN6O2S. The second-order valence-corrected chi connectivity index (χ2v) is 7.95. The molecule has 0 spiro atoms. The maximum absolute atomic E-state index is 14.0. The highest BCUT2D eigenvalue weighted by atomic mass is 35.5. The van der Waals surface area contributed by atoms with Crippen molar-refractivity contribution in [1.29, 1.82) is 0 Å². The molecule has 0 unspecified atom stereocenters. The number of nitrogen functional groups attached to an aromatic ring is 1. The minimum absolute atomic E-state index is 0.0872. The zero-order valence-electron chi connectivity index (χ0n) is 14.6. The number of aromatic nitrogens is 2. The summed E-state index contributed by atoms with van der Waals surface area (Å²) in [5, 5.41) is 5.88. The molecule has 1 heterocycles. The standard InChI is InChI=1S/C17H16ClFN6O2S/c1-28(26,27)25-15-5-3-2-4-14(15)22-16-11(18)9-21-17(24-16)23-13-7-6-10(20)8-12(13)19/h2-9,25H,20H2,1H3,(H2,21,22,23,24). The number of hydrogen-bond donors (Lipinski definition) is 4. The van der Waals surface area contributed by atoms with E-state index in [-0.39, 0.29) is 28.2 Å². The fourth-order valence-electron chi connectivity index (χ4n) is 2.28. The number of rotatable bonds is 6. The van der Waals surface area contributed by atoms with Gasteiger partial charge in [0.25, 0.3) is 0 Å². The Morgan fingerprint density at radius 2 is 1.79 bits per heavy atom. The van der Waals surface area contributed by atoms with Gasteiger partial charge in [-0.2, -0.15) is 4.98 Å². The molecule has 28 heavy (non-hydrogen) atoms. The number of benzene rings is 2. The second-order valence-electron chi connectivity index (χ2n) is 5.80. The van der Waals surface area contributed by atoms with Crippen LogP contribution in [0.15, 0.2) is 48.7 Å². The lowest BCUT2D eigenvalue weighted by Gasteiger charge is -2.14. The number of nitrogens with two attached hydrogens (primary N) is 1. The summed E-state index contributed by atoms with van der Waals surface area (Å²) in [6.07, 6.45) is 2.38. The number of halogens is 2. The van der Waals surface area contributed by atoms with Crippen LogP contribution in [0.2, 0.25) is 5.02 Å². The zero-order valence-corrected chi connectivity index (χ0v) is 16.1. The predicted octanol–water partition coefficient (Wildman–Crippen LogP) is 3.71.